The molecule has 5 heteroatoms. The molecule has 16 heavy (non-hydrogen) atoms. The predicted molar refractivity (Wildman–Crippen MR) is 70.4 cm³/mol. The Labute approximate surface area is 110 Å². The van der Waals surface area contributed by atoms with Crippen LogP contribution in [0.25, 0.3) is 0 Å². The number of halogens is 2. The van der Waals surface area contributed by atoms with E-state index in [1.54, 1.807) is 4.90 Å². The SMILES string of the molecule is CN(Cc1ccc(Cl)s1)C(=O)CCCCCl. The molecule has 90 valence electrons. The van der Waals surface area contributed by atoms with E-state index < -0.39 is 0 Å². The summed E-state index contributed by atoms with van der Waals surface area (Å²) in [5.74, 6) is 0.784. The first-order chi connectivity index (χ1) is 7.63. The Bertz CT molecular complexity index is 340. The average Bonchev–Trinajstić information content (AvgIpc) is 2.64. The molecule has 1 aromatic rings. The Hall–Kier alpha value is -0.250. The van der Waals surface area contributed by atoms with E-state index in [1.807, 2.05) is 19.2 Å². The lowest BCUT2D eigenvalue weighted by atomic mass is 10.2. The van der Waals surface area contributed by atoms with Gasteiger partial charge in [0.2, 0.25) is 5.91 Å². The smallest absolute Gasteiger partial charge is 0.222 e. The fraction of sp³-hybridized carbons (Fsp3) is 0.545. The van der Waals surface area contributed by atoms with Gasteiger partial charge in [-0.3, -0.25) is 4.79 Å². The summed E-state index contributed by atoms with van der Waals surface area (Å²) < 4.78 is 0.762. The molecule has 0 N–H and O–H groups in total. The van der Waals surface area contributed by atoms with E-state index in [4.69, 9.17) is 23.2 Å². The summed E-state index contributed by atoms with van der Waals surface area (Å²) in [6.07, 6.45) is 2.33. The second-order valence-electron chi connectivity index (χ2n) is 3.60. The van der Waals surface area contributed by atoms with Crippen molar-refractivity contribution < 1.29 is 4.79 Å². The van der Waals surface area contributed by atoms with Gasteiger partial charge < -0.3 is 4.90 Å². The molecule has 0 unspecified atom stereocenters. The van der Waals surface area contributed by atoms with Gasteiger partial charge in [-0.2, -0.15) is 0 Å². The first kappa shape index (κ1) is 13.8. The number of hydrogen-bond donors (Lipinski definition) is 0. The molecule has 0 bridgehead atoms. The fourth-order valence-corrected chi connectivity index (χ4v) is 2.65. The van der Waals surface area contributed by atoms with Crippen LogP contribution in [0.1, 0.15) is 24.1 Å². The molecule has 0 saturated heterocycles. The van der Waals surface area contributed by atoms with Gasteiger partial charge in [0.25, 0.3) is 0 Å². The third kappa shape index (κ3) is 4.73. The highest BCUT2D eigenvalue weighted by Gasteiger charge is 2.09. The predicted octanol–water partition coefficient (Wildman–Crippen LogP) is 3.77. The number of thiophene rings is 1. The van der Waals surface area contributed by atoms with Gasteiger partial charge in [-0.05, 0) is 25.0 Å². The molecule has 0 aliphatic heterocycles. The van der Waals surface area contributed by atoms with E-state index >= 15 is 0 Å². The third-order valence-corrected chi connectivity index (χ3v) is 3.71. The number of alkyl halides is 1. The van der Waals surface area contributed by atoms with Crippen LogP contribution in [-0.2, 0) is 11.3 Å². The molecule has 2 nitrogen and oxygen atoms in total. The largest absolute Gasteiger partial charge is 0.341 e. The maximum absolute atomic E-state index is 11.7. The van der Waals surface area contributed by atoms with Crippen molar-refractivity contribution in [3.8, 4) is 0 Å². The zero-order valence-corrected chi connectivity index (χ0v) is 11.5. The molecular formula is C11H15Cl2NOS. The van der Waals surface area contributed by atoms with Crippen molar-refractivity contribution in [2.75, 3.05) is 12.9 Å². The van der Waals surface area contributed by atoms with Crippen LogP contribution in [0.15, 0.2) is 12.1 Å². The molecular weight excluding hydrogens is 265 g/mol. The van der Waals surface area contributed by atoms with Crippen molar-refractivity contribution in [3.63, 3.8) is 0 Å². The van der Waals surface area contributed by atoms with Crippen LogP contribution in [0.2, 0.25) is 4.34 Å². The van der Waals surface area contributed by atoms with Crippen LogP contribution in [0.5, 0.6) is 0 Å². The number of hydrogen-bond acceptors (Lipinski definition) is 2. The molecule has 1 rings (SSSR count). The summed E-state index contributed by atoms with van der Waals surface area (Å²) in [4.78, 5) is 14.5. The number of nitrogens with zero attached hydrogens (tertiary/aromatic N) is 1. The van der Waals surface area contributed by atoms with Crippen molar-refractivity contribution in [3.05, 3.63) is 21.3 Å². The number of carbonyl (C=O) groups is 1. The summed E-state index contributed by atoms with van der Waals surface area (Å²) >= 11 is 12.9. The normalized spacial score (nSPS) is 10.4. The molecule has 1 amide bonds. The number of amides is 1. The Morgan fingerprint density at radius 1 is 1.44 bits per heavy atom. The average molecular weight is 280 g/mol. The maximum atomic E-state index is 11.7. The lowest BCUT2D eigenvalue weighted by Gasteiger charge is -2.15. The summed E-state index contributed by atoms with van der Waals surface area (Å²) in [5.41, 5.74) is 0. The summed E-state index contributed by atoms with van der Waals surface area (Å²) in [6.45, 7) is 0.636. The zero-order chi connectivity index (χ0) is 12.0. The third-order valence-electron chi connectivity index (χ3n) is 2.22. The molecule has 0 atom stereocenters. The van der Waals surface area contributed by atoms with E-state index in [1.165, 1.54) is 11.3 Å². The monoisotopic (exact) mass is 279 g/mol. The van der Waals surface area contributed by atoms with E-state index in [9.17, 15) is 4.79 Å². The highest BCUT2D eigenvalue weighted by Crippen LogP contribution is 2.22. The topological polar surface area (TPSA) is 20.3 Å². The molecule has 0 fully saturated rings. The standard InChI is InChI=1S/C11H15Cl2NOS/c1-14(11(15)4-2-3-7-12)8-9-5-6-10(13)16-9/h5-6H,2-4,7-8H2,1H3. The van der Waals surface area contributed by atoms with Crippen molar-refractivity contribution in [1.82, 2.24) is 4.90 Å². The van der Waals surface area contributed by atoms with Crippen molar-refractivity contribution in [2.45, 2.75) is 25.8 Å². The summed E-state index contributed by atoms with van der Waals surface area (Å²) in [7, 11) is 1.82. The Kier molecular flexibility index (Phi) is 6.17. The molecule has 0 radical (unpaired) electrons. The van der Waals surface area contributed by atoms with Crippen molar-refractivity contribution in [1.29, 1.82) is 0 Å². The highest BCUT2D eigenvalue weighted by molar-refractivity contribution is 7.16. The van der Waals surface area contributed by atoms with Gasteiger partial charge >= 0.3 is 0 Å². The van der Waals surface area contributed by atoms with Gasteiger partial charge in [-0.25, -0.2) is 0 Å². The first-order valence-electron chi connectivity index (χ1n) is 5.17. The van der Waals surface area contributed by atoms with Crippen LogP contribution in [0, 0.1) is 0 Å². The lowest BCUT2D eigenvalue weighted by molar-refractivity contribution is -0.130. The molecule has 0 aromatic carbocycles. The van der Waals surface area contributed by atoms with Crippen LogP contribution < -0.4 is 0 Å². The van der Waals surface area contributed by atoms with Gasteiger partial charge in [-0.1, -0.05) is 11.6 Å². The van der Waals surface area contributed by atoms with Crippen LogP contribution in [0.4, 0.5) is 0 Å². The van der Waals surface area contributed by atoms with Crippen molar-refractivity contribution >= 4 is 40.4 Å². The molecule has 0 aliphatic carbocycles. The minimum absolute atomic E-state index is 0.162. The number of rotatable bonds is 6. The molecule has 0 aliphatic rings. The first-order valence-corrected chi connectivity index (χ1v) is 6.90. The van der Waals surface area contributed by atoms with Crippen LogP contribution in [0.3, 0.4) is 0 Å². The Morgan fingerprint density at radius 2 is 2.19 bits per heavy atom. The highest BCUT2D eigenvalue weighted by atomic mass is 35.5. The molecule has 0 saturated carbocycles. The van der Waals surface area contributed by atoms with Gasteiger partial charge in [0.15, 0.2) is 0 Å². The maximum Gasteiger partial charge on any atom is 0.222 e. The zero-order valence-electron chi connectivity index (χ0n) is 9.21. The lowest BCUT2D eigenvalue weighted by Crippen LogP contribution is -2.25. The minimum Gasteiger partial charge on any atom is -0.341 e. The van der Waals surface area contributed by atoms with Crippen LogP contribution >= 0.6 is 34.5 Å². The van der Waals surface area contributed by atoms with Gasteiger partial charge in [0, 0.05) is 24.2 Å². The second kappa shape index (κ2) is 7.15. The minimum atomic E-state index is 0.162. The number of carbonyl (C=O) groups excluding carboxylic acids is 1. The summed E-state index contributed by atoms with van der Waals surface area (Å²) in [5, 5.41) is 0. The van der Waals surface area contributed by atoms with Gasteiger partial charge in [-0.15, -0.1) is 22.9 Å². The molecule has 1 aromatic heterocycles. The molecule has 0 spiro atoms. The Balaban J connectivity index is 2.34. The van der Waals surface area contributed by atoms with Crippen LogP contribution in [-0.4, -0.2) is 23.7 Å². The van der Waals surface area contributed by atoms with E-state index in [2.05, 4.69) is 0 Å². The van der Waals surface area contributed by atoms with Gasteiger partial charge in [0.1, 0.15) is 0 Å². The number of unbranched alkanes of at least 4 members (excludes halogenated alkanes) is 1. The molecule has 1 heterocycles. The fourth-order valence-electron chi connectivity index (χ4n) is 1.32. The van der Waals surface area contributed by atoms with E-state index in [0.717, 1.165) is 22.1 Å². The second-order valence-corrected chi connectivity index (χ2v) is 5.78. The Morgan fingerprint density at radius 3 is 2.75 bits per heavy atom. The van der Waals surface area contributed by atoms with E-state index in [0.29, 0.717) is 18.8 Å². The van der Waals surface area contributed by atoms with Crippen molar-refractivity contribution in [2.24, 2.45) is 0 Å². The summed E-state index contributed by atoms with van der Waals surface area (Å²) in [6, 6.07) is 3.81. The quantitative estimate of drug-likeness (QED) is 0.574. The van der Waals surface area contributed by atoms with E-state index in [-0.39, 0.29) is 5.91 Å². The van der Waals surface area contributed by atoms with Gasteiger partial charge in [0.05, 0.1) is 10.9 Å².